The second-order valence-electron chi connectivity index (χ2n) is 10.3. The first-order chi connectivity index (χ1) is 18.0. The lowest BCUT2D eigenvalue weighted by Gasteiger charge is -2.30. The van der Waals surface area contributed by atoms with Gasteiger partial charge in [-0.15, -0.1) is 0 Å². The van der Waals surface area contributed by atoms with E-state index in [1.807, 2.05) is 0 Å². The summed E-state index contributed by atoms with van der Waals surface area (Å²) >= 11 is 18.2. The van der Waals surface area contributed by atoms with Crippen LogP contribution in [0.15, 0.2) is 41.3 Å². The van der Waals surface area contributed by atoms with Gasteiger partial charge < -0.3 is 15.0 Å². The Morgan fingerprint density at radius 3 is 2.37 bits per heavy atom. The van der Waals surface area contributed by atoms with Gasteiger partial charge in [-0.05, 0) is 68.2 Å². The molecule has 1 aliphatic heterocycles. The number of anilines is 1. The highest BCUT2D eigenvalue weighted by molar-refractivity contribution is 7.89. The predicted octanol–water partition coefficient (Wildman–Crippen LogP) is 5.41. The molecule has 4 rings (SSSR count). The number of hydrogen-bond donors (Lipinski definition) is 1. The lowest BCUT2D eigenvalue weighted by molar-refractivity contribution is -0.128. The smallest absolute Gasteiger partial charge is 0.246 e. The number of amides is 1. The summed E-state index contributed by atoms with van der Waals surface area (Å²) in [5.41, 5.74) is 2.63. The van der Waals surface area contributed by atoms with E-state index in [-0.39, 0.29) is 57.7 Å². The molecule has 11 heteroatoms. The van der Waals surface area contributed by atoms with E-state index in [0.29, 0.717) is 12.3 Å². The zero-order valence-electron chi connectivity index (χ0n) is 21.6. The fourth-order valence-electron chi connectivity index (χ4n) is 5.36. The van der Waals surface area contributed by atoms with Crippen molar-refractivity contribution < 1.29 is 17.9 Å². The SMILES string of the molecule is CN(C)c1ccccc1CC1CCC(NC(=O)COC2CCN(S(=O)(=O)c3c(Cl)cc(Cl)cc3Cl)C2)CC1. The summed E-state index contributed by atoms with van der Waals surface area (Å²) in [6.45, 7) is 0.284. The van der Waals surface area contributed by atoms with Crippen molar-refractivity contribution in [3.8, 4) is 0 Å². The average Bonchev–Trinajstić information content (AvgIpc) is 3.34. The topological polar surface area (TPSA) is 79.0 Å². The summed E-state index contributed by atoms with van der Waals surface area (Å²) in [4.78, 5) is 14.6. The molecule has 2 fully saturated rings. The average molecular weight is 603 g/mol. The number of hydrogen-bond acceptors (Lipinski definition) is 5. The van der Waals surface area contributed by atoms with Crippen LogP contribution >= 0.6 is 34.8 Å². The molecule has 38 heavy (non-hydrogen) atoms. The number of para-hydroxylation sites is 1. The van der Waals surface area contributed by atoms with Gasteiger partial charge in [-0.3, -0.25) is 4.79 Å². The third kappa shape index (κ3) is 7.14. The van der Waals surface area contributed by atoms with E-state index in [1.54, 1.807) is 0 Å². The van der Waals surface area contributed by atoms with Gasteiger partial charge in [-0.1, -0.05) is 53.0 Å². The fraction of sp³-hybridized carbons (Fsp3) is 0.519. The second kappa shape index (κ2) is 12.7. The van der Waals surface area contributed by atoms with Gasteiger partial charge in [0.1, 0.15) is 11.5 Å². The number of ether oxygens (including phenoxy) is 1. The molecule has 7 nitrogen and oxygen atoms in total. The molecule has 1 atom stereocenters. The number of carbonyl (C=O) groups is 1. The number of halogens is 3. The molecule has 2 aromatic rings. The van der Waals surface area contributed by atoms with E-state index in [2.05, 4.69) is 48.6 Å². The summed E-state index contributed by atoms with van der Waals surface area (Å²) in [6.07, 6.45) is 5.17. The molecule has 1 amide bonds. The van der Waals surface area contributed by atoms with E-state index in [1.165, 1.54) is 27.7 Å². The summed E-state index contributed by atoms with van der Waals surface area (Å²) in [7, 11) is 0.220. The molecular formula is C27H34Cl3N3O4S. The number of nitrogens with one attached hydrogen (secondary N) is 1. The van der Waals surface area contributed by atoms with Crippen molar-refractivity contribution in [1.82, 2.24) is 9.62 Å². The van der Waals surface area contributed by atoms with Crippen LogP contribution in [0, 0.1) is 5.92 Å². The van der Waals surface area contributed by atoms with Crippen molar-refractivity contribution >= 4 is 56.4 Å². The zero-order valence-corrected chi connectivity index (χ0v) is 24.7. The summed E-state index contributed by atoms with van der Waals surface area (Å²) in [5.74, 6) is 0.436. The maximum Gasteiger partial charge on any atom is 0.246 e. The van der Waals surface area contributed by atoms with Crippen LogP contribution in [0.25, 0.3) is 0 Å². The van der Waals surface area contributed by atoms with Crippen molar-refractivity contribution in [2.45, 2.75) is 55.6 Å². The zero-order chi connectivity index (χ0) is 27.4. The molecule has 0 bridgehead atoms. The largest absolute Gasteiger partial charge is 0.377 e. The normalized spacial score (nSPS) is 22.4. The Kier molecular flexibility index (Phi) is 9.87. The van der Waals surface area contributed by atoms with Crippen LogP contribution in [0.3, 0.4) is 0 Å². The van der Waals surface area contributed by atoms with E-state index in [0.717, 1.165) is 32.1 Å². The summed E-state index contributed by atoms with van der Waals surface area (Å²) in [6, 6.07) is 11.4. The lowest BCUT2D eigenvalue weighted by Crippen LogP contribution is -2.40. The summed E-state index contributed by atoms with van der Waals surface area (Å²) < 4.78 is 33.3. The molecule has 1 unspecified atom stereocenters. The first kappa shape index (κ1) is 29.4. The van der Waals surface area contributed by atoms with Crippen LogP contribution in [0.2, 0.25) is 15.1 Å². The third-order valence-corrected chi connectivity index (χ3v) is 10.3. The van der Waals surface area contributed by atoms with Crippen molar-refractivity contribution in [1.29, 1.82) is 0 Å². The molecule has 0 aromatic heterocycles. The third-order valence-electron chi connectivity index (χ3n) is 7.31. The minimum Gasteiger partial charge on any atom is -0.377 e. The van der Waals surface area contributed by atoms with Gasteiger partial charge in [-0.2, -0.15) is 4.31 Å². The highest BCUT2D eigenvalue weighted by Crippen LogP contribution is 2.36. The number of rotatable bonds is 9. The fourth-order valence-corrected chi connectivity index (χ4v) is 8.34. The number of sulfonamides is 1. The Labute approximate surface area is 240 Å². The quantitative estimate of drug-likeness (QED) is 0.415. The molecule has 208 valence electrons. The van der Waals surface area contributed by atoms with Gasteiger partial charge in [-0.25, -0.2) is 8.42 Å². The van der Waals surface area contributed by atoms with Gasteiger partial charge in [0, 0.05) is 43.9 Å². The van der Waals surface area contributed by atoms with Crippen molar-refractivity contribution in [3.05, 3.63) is 57.0 Å². The van der Waals surface area contributed by atoms with Gasteiger partial charge in [0.2, 0.25) is 15.9 Å². The molecule has 1 saturated heterocycles. The van der Waals surface area contributed by atoms with Crippen molar-refractivity contribution in [2.75, 3.05) is 38.7 Å². The molecular weight excluding hydrogens is 569 g/mol. The summed E-state index contributed by atoms with van der Waals surface area (Å²) in [5, 5.41) is 3.30. The molecule has 2 aromatic carbocycles. The number of nitrogens with zero attached hydrogens (tertiary/aromatic N) is 2. The Balaban J connectivity index is 1.21. The van der Waals surface area contributed by atoms with Gasteiger partial charge in [0.15, 0.2) is 0 Å². The Morgan fingerprint density at radius 1 is 1.05 bits per heavy atom. The van der Waals surface area contributed by atoms with Gasteiger partial charge >= 0.3 is 0 Å². The monoisotopic (exact) mass is 601 g/mol. The predicted molar refractivity (Wildman–Crippen MR) is 153 cm³/mol. The van der Waals surface area contributed by atoms with Crippen LogP contribution in [0.1, 0.15) is 37.7 Å². The molecule has 0 spiro atoms. The molecule has 0 radical (unpaired) electrons. The number of benzene rings is 2. The van der Waals surface area contributed by atoms with Gasteiger partial charge in [0.25, 0.3) is 0 Å². The van der Waals surface area contributed by atoms with Crippen LogP contribution in [-0.2, 0) is 26.0 Å². The van der Waals surface area contributed by atoms with Gasteiger partial charge in [0.05, 0.1) is 16.1 Å². The maximum absolute atomic E-state index is 13.1. The van der Waals surface area contributed by atoms with Crippen LogP contribution in [-0.4, -0.2) is 64.6 Å². The van der Waals surface area contributed by atoms with Crippen LogP contribution in [0.4, 0.5) is 5.69 Å². The molecule has 1 saturated carbocycles. The molecule has 1 heterocycles. The standard InChI is InChI=1S/C27H34Cl3N3O4S/c1-32(2)25-6-4-3-5-19(25)13-18-7-9-21(10-8-18)31-26(34)17-37-22-11-12-33(16-22)38(35,36)27-23(29)14-20(28)15-24(27)30/h3-6,14-15,18,21-22H,7-13,16-17H2,1-2H3,(H,31,34). The minimum absolute atomic E-state index is 0.0251. The lowest BCUT2D eigenvalue weighted by atomic mass is 9.82. The Morgan fingerprint density at radius 2 is 1.71 bits per heavy atom. The van der Waals surface area contributed by atoms with E-state index < -0.39 is 10.0 Å². The molecule has 2 aliphatic rings. The Bertz CT molecular complexity index is 1230. The maximum atomic E-state index is 13.1. The van der Waals surface area contributed by atoms with E-state index in [4.69, 9.17) is 39.5 Å². The van der Waals surface area contributed by atoms with Crippen molar-refractivity contribution in [3.63, 3.8) is 0 Å². The molecule has 1 N–H and O–H groups in total. The Hall–Kier alpha value is -1.55. The van der Waals surface area contributed by atoms with E-state index in [9.17, 15) is 13.2 Å². The van der Waals surface area contributed by atoms with E-state index >= 15 is 0 Å². The van der Waals surface area contributed by atoms with Crippen LogP contribution in [0.5, 0.6) is 0 Å². The highest BCUT2D eigenvalue weighted by atomic mass is 35.5. The second-order valence-corrected chi connectivity index (χ2v) is 13.4. The van der Waals surface area contributed by atoms with Crippen molar-refractivity contribution in [2.24, 2.45) is 5.92 Å². The van der Waals surface area contributed by atoms with Crippen LogP contribution < -0.4 is 10.2 Å². The number of carbonyl (C=O) groups excluding carboxylic acids is 1. The minimum atomic E-state index is -3.92. The molecule has 1 aliphatic carbocycles. The first-order valence-corrected chi connectivity index (χ1v) is 15.4. The highest BCUT2D eigenvalue weighted by Gasteiger charge is 2.36. The first-order valence-electron chi connectivity index (χ1n) is 12.9.